The van der Waals surface area contributed by atoms with Gasteiger partial charge in [0.25, 0.3) is 0 Å². The van der Waals surface area contributed by atoms with Crippen molar-refractivity contribution in [2.45, 2.75) is 12.1 Å². The standard InChI is InChI=1S/C14H13FN2O2S/c1-2-19-13(18)9-20-14-16-8-7-12(17-14)10-3-5-11(15)6-4-10/h3-8H,2,9H2,1H3. The number of nitrogens with zero attached hydrogens (tertiary/aromatic N) is 2. The van der Waals surface area contributed by atoms with E-state index in [4.69, 9.17) is 4.74 Å². The molecule has 0 radical (unpaired) electrons. The van der Waals surface area contributed by atoms with Crippen LogP contribution in [0.1, 0.15) is 6.92 Å². The first kappa shape index (κ1) is 14.5. The Morgan fingerprint density at radius 1 is 1.30 bits per heavy atom. The molecule has 0 aliphatic heterocycles. The SMILES string of the molecule is CCOC(=O)CSc1nccc(-c2ccc(F)cc2)n1. The molecular weight excluding hydrogens is 279 g/mol. The van der Waals surface area contributed by atoms with Gasteiger partial charge in [0.05, 0.1) is 18.1 Å². The summed E-state index contributed by atoms with van der Waals surface area (Å²) in [4.78, 5) is 19.7. The first-order valence-corrected chi connectivity index (χ1v) is 7.05. The molecule has 0 fully saturated rings. The van der Waals surface area contributed by atoms with E-state index < -0.39 is 0 Å². The molecule has 20 heavy (non-hydrogen) atoms. The third kappa shape index (κ3) is 4.03. The van der Waals surface area contributed by atoms with Gasteiger partial charge in [-0.2, -0.15) is 0 Å². The van der Waals surface area contributed by atoms with E-state index in [-0.39, 0.29) is 17.5 Å². The first-order valence-electron chi connectivity index (χ1n) is 6.06. The Morgan fingerprint density at radius 2 is 2.05 bits per heavy atom. The van der Waals surface area contributed by atoms with Crippen molar-refractivity contribution >= 4 is 17.7 Å². The lowest BCUT2D eigenvalue weighted by atomic mass is 10.1. The van der Waals surface area contributed by atoms with Crippen molar-refractivity contribution in [2.75, 3.05) is 12.4 Å². The van der Waals surface area contributed by atoms with Crippen molar-refractivity contribution < 1.29 is 13.9 Å². The normalized spacial score (nSPS) is 10.3. The number of halogens is 1. The molecule has 4 nitrogen and oxygen atoms in total. The second kappa shape index (κ2) is 7.00. The lowest BCUT2D eigenvalue weighted by Crippen LogP contribution is -2.07. The second-order valence-electron chi connectivity index (χ2n) is 3.83. The minimum absolute atomic E-state index is 0.167. The molecule has 2 rings (SSSR count). The van der Waals surface area contributed by atoms with Gasteiger partial charge in [0.15, 0.2) is 5.16 Å². The molecule has 0 amide bonds. The summed E-state index contributed by atoms with van der Waals surface area (Å²) in [5.74, 6) is -0.422. The number of carbonyl (C=O) groups excluding carboxylic acids is 1. The average Bonchev–Trinajstić information content (AvgIpc) is 2.47. The Morgan fingerprint density at radius 3 is 2.75 bits per heavy atom. The molecule has 104 valence electrons. The van der Waals surface area contributed by atoms with Gasteiger partial charge >= 0.3 is 5.97 Å². The van der Waals surface area contributed by atoms with Gasteiger partial charge in [-0.05, 0) is 37.3 Å². The number of aromatic nitrogens is 2. The van der Waals surface area contributed by atoms with Gasteiger partial charge in [0, 0.05) is 11.8 Å². The lowest BCUT2D eigenvalue weighted by Gasteiger charge is -2.04. The fourth-order valence-corrected chi connectivity index (χ4v) is 2.15. The first-order chi connectivity index (χ1) is 9.69. The predicted molar refractivity (Wildman–Crippen MR) is 74.8 cm³/mol. The predicted octanol–water partition coefficient (Wildman–Crippen LogP) is 2.94. The summed E-state index contributed by atoms with van der Waals surface area (Å²) in [6, 6.07) is 7.79. The lowest BCUT2D eigenvalue weighted by molar-refractivity contribution is -0.139. The summed E-state index contributed by atoms with van der Waals surface area (Å²) in [7, 11) is 0. The molecular formula is C14H13FN2O2S. The zero-order valence-corrected chi connectivity index (χ0v) is 11.7. The third-order valence-corrected chi connectivity index (χ3v) is 3.23. The third-order valence-electron chi connectivity index (χ3n) is 2.40. The van der Waals surface area contributed by atoms with Crippen LogP contribution in [0.15, 0.2) is 41.7 Å². The number of thioether (sulfide) groups is 1. The van der Waals surface area contributed by atoms with E-state index in [1.54, 1.807) is 31.3 Å². The molecule has 0 aliphatic carbocycles. The maximum absolute atomic E-state index is 12.9. The highest BCUT2D eigenvalue weighted by molar-refractivity contribution is 7.99. The Labute approximate surface area is 120 Å². The molecule has 0 N–H and O–H groups in total. The van der Waals surface area contributed by atoms with E-state index in [9.17, 15) is 9.18 Å². The topological polar surface area (TPSA) is 52.1 Å². The van der Waals surface area contributed by atoms with E-state index in [0.717, 1.165) is 5.56 Å². The highest BCUT2D eigenvalue weighted by Gasteiger charge is 2.07. The van der Waals surface area contributed by atoms with E-state index in [1.165, 1.54) is 23.9 Å². The Kier molecular flexibility index (Phi) is 5.06. The molecule has 0 atom stereocenters. The fourth-order valence-electron chi connectivity index (χ4n) is 1.52. The Bertz CT molecular complexity index is 590. The van der Waals surface area contributed by atoms with Crippen molar-refractivity contribution in [1.29, 1.82) is 0 Å². The van der Waals surface area contributed by atoms with Gasteiger partial charge in [-0.3, -0.25) is 4.79 Å². The molecule has 1 aromatic heterocycles. The summed E-state index contributed by atoms with van der Waals surface area (Å²) in [5.41, 5.74) is 1.48. The Hall–Kier alpha value is -1.95. The molecule has 1 heterocycles. The highest BCUT2D eigenvalue weighted by Crippen LogP contribution is 2.20. The van der Waals surface area contributed by atoms with Crippen molar-refractivity contribution in [1.82, 2.24) is 9.97 Å². The van der Waals surface area contributed by atoms with Crippen molar-refractivity contribution in [2.24, 2.45) is 0 Å². The van der Waals surface area contributed by atoms with E-state index in [2.05, 4.69) is 9.97 Å². The van der Waals surface area contributed by atoms with Gasteiger partial charge in [-0.1, -0.05) is 11.8 Å². The summed E-state index contributed by atoms with van der Waals surface area (Å²) >= 11 is 1.21. The van der Waals surface area contributed by atoms with Crippen molar-refractivity contribution in [3.8, 4) is 11.3 Å². The van der Waals surface area contributed by atoms with Crippen LogP contribution in [0, 0.1) is 5.82 Å². The maximum Gasteiger partial charge on any atom is 0.316 e. The van der Waals surface area contributed by atoms with E-state index in [0.29, 0.717) is 17.5 Å². The van der Waals surface area contributed by atoms with Gasteiger partial charge in [-0.15, -0.1) is 0 Å². The second-order valence-corrected chi connectivity index (χ2v) is 4.77. The zero-order valence-electron chi connectivity index (χ0n) is 10.9. The van der Waals surface area contributed by atoms with Crippen LogP contribution in [0.5, 0.6) is 0 Å². The number of hydrogen-bond acceptors (Lipinski definition) is 5. The number of ether oxygens (including phenoxy) is 1. The molecule has 2 aromatic rings. The molecule has 0 bridgehead atoms. The smallest absolute Gasteiger partial charge is 0.316 e. The number of benzene rings is 1. The molecule has 0 aliphatic rings. The van der Waals surface area contributed by atoms with Crippen molar-refractivity contribution in [3.63, 3.8) is 0 Å². The summed E-state index contributed by atoms with van der Waals surface area (Å²) < 4.78 is 17.7. The largest absolute Gasteiger partial charge is 0.465 e. The van der Waals surface area contributed by atoms with Crippen LogP contribution in [0.3, 0.4) is 0 Å². The van der Waals surface area contributed by atoms with Crippen LogP contribution >= 0.6 is 11.8 Å². The summed E-state index contributed by atoms with van der Waals surface area (Å²) in [5, 5.41) is 0.486. The Balaban J connectivity index is 2.08. The summed E-state index contributed by atoms with van der Waals surface area (Å²) in [6.07, 6.45) is 1.61. The minimum atomic E-state index is -0.298. The van der Waals surface area contributed by atoms with Crippen molar-refractivity contribution in [3.05, 3.63) is 42.3 Å². The van der Waals surface area contributed by atoms with Crippen LogP contribution in [0.25, 0.3) is 11.3 Å². The minimum Gasteiger partial charge on any atom is -0.465 e. The van der Waals surface area contributed by atoms with Crippen LogP contribution in [-0.2, 0) is 9.53 Å². The molecule has 0 unspecified atom stereocenters. The number of rotatable bonds is 5. The number of carbonyl (C=O) groups is 1. The van der Waals surface area contributed by atoms with Crippen LogP contribution in [-0.4, -0.2) is 28.3 Å². The van der Waals surface area contributed by atoms with E-state index in [1.807, 2.05) is 0 Å². The molecule has 0 spiro atoms. The number of esters is 1. The van der Waals surface area contributed by atoms with Gasteiger partial charge in [0.2, 0.25) is 0 Å². The van der Waals surface area contributed by atoms with E-state index >= 15 is 0 Å². The molecule has 6 heteroatoms. The van der Waals surface area contributed by atoms with Gasteiger partial charge in [-0.25, -0.2) is 14.4 Å². The number of hydrogen-bond donors (Lipinski definition) is 0. The fraction of sp³-hybridized carbons (Fsp3) is 0.214. The van der Waals surface area contributed by atoms with Crippen LogP contribution < -0.4 is 0 Å². The quantitative estimate of drug-likeness (QED) is 0.482. The monoisotopic (exact) mass is 292 g/mol. The molecule has 1 aromatic carbocycles. The van der Waals surface area contributed by atoms with Gasteiger partial charge in [0.1, 0.15) is 5.82 Å². The highest BCUT2D eigenvalue weighted by atomic mass is 32.2. The maximum atomic E-state index is 12.9. The molecule has 0 saturated heterocycles. The van der Waals surface area contributed by atoms with Crippen LogP contribution in [0.4, 0.5) is 4.39 Å². The summed E-state index contributed by atoms with van der Waals surface area (Å²) in [6.45, 7) is 2.12. The van der Waals surface area contributed by atoms with Gasteiger partial charge < -0.3 is 4.74 Å². The van der Waals surface area contributed by atoms with Crippen LogP contribution in [0.2, 0.25) is 0 Å². The zero-order chi connectivity index (χ0) is 14.4. The average molecular weight is 292 g/mol. The molecule has 0 saturated carbocycles.